The molecule has 0 fully saturated rings. The fourth-order valence-electron chi connectivity index (χ4n) is 3.14. The molecule has 0 saturated heterocycles. The van der Waals surface area contributed by atoms with Gasteiger partial charge in [0.2, 0.25) is 5.75 Å². The topological polar surface area (TPSA) is 99.6 Å². The first-order valence-corrected chi connectivity index (χ1v) is 12.2. The van der Waals surface area contributed by atoms with Crippen molar-refractivity contribution in [1.82, 2.24) is 9.66 Å². The number of nitro benzene ring substituents is 1. The van der Waals surface area contributed by atoms with Gasteiger partial charge in [0, 0.05) is 26.5 Å². The highest BCUT2D eigenvalue weighted by Gasteiger charge is 2.22. The molecule has 0 aliphatic carbocycles. The van der Waals surface area contributed by atoms with Crippen molar-refractivity contribution in [2.24, 2.45) is 5.10 Å². The second kappa shape index (κ2) is 10.6. The summed E-state index contributed by atoms with van der Waals surface area (Å²) in [4.78, 5) is 29.2. The van der Waals surface area contributed by atoms with E-state index in [4.69, 9.17) is 4.74 Å². The van der Waals surface area contributed by atoms with Crippen molar-refractivity contribution in [3.8, 4) is 5.75 Å². The number of hydrogen-bond donors (Lipinski definition) is 0. The van der Waals surface area contributed by atoms with Crippen molar-refractivity contribution in [2.45, 2.75) is 52.6 Å². The van der Waals surface area contributed by atoms with Crippen LogP contribution in [0, 0.1) is 10.1 Å². The van der Waals surface area contributed by atoms with E-state index in [-0.39, 0.29) is 29.0 Å². The summed E-state index contributed by atoms with van der Waals surface area (Å²) in [6.07, 6.45) is 2.60. The minimum absolute atomic E-state index is 0.0319. The van der Waals surface area contributed by atoms with E-state index in [1.165, 1.54) is 17.0 Å². The maximum Gasteiger partial charge on any atom is 0.312 e. The third-order valence-electron chi connectivity index (χ3n) is 5.35. The summed E-state index contributed by atoms with van der Waals surface area (Å²) in [6.45, 7) is 7.75. The first-order valence-electron chi connectivity index (χ1n) is 10.6. The fourth-order valence-corrected chi connectivity index (χ4v) is 3.97. The molecule has 8 nitrogen and oxygen atoms in total. The Morgan fingerprint density at radius 3 is 2.55 bits per heavy atom. The molecule has 0 unspecified atom stereocenters. The zero-order chi connectivity index (χ0) is 24.3. The Balaban J connectivity index is 2.24. The zero-order valence-electron chi connectivity index (χ0n) is 18.7. The predicted molar refractivity (Wildman–Crippen MR) is 137 cm³/mol. The number of benzene rings is 2. The van der Waals surface area contributed by atoms with Crippen molar-refractivity contribution >= 4 is 54.7 Å². The predicted octanol–water partition coefficient (Wildman–Crippen LogP) is 6.40. The molecule has 174 valence electrons. The van der Waals surface area contributed by atoms with Gasteiger partial charge in [0.25, 0.3) is 5.56 Å². The molecular weight excluding hydrogens is 556 g/mol. The van der Waals surface area contributed by atoms with E-state index in [2.05, 4.69) is 41.9 Å². The SMILES string of the molecule is CC[C@@H](C)Oc1c(C=Nn2c([C@H](C)CC)nc3ccc(Br)cc3c2=O)cc(Br)cc1[N+](=O)[O-]. The molecule has 0 saturated carbocycles. The van der Waals surface area contributed by atoms with E-state index in [0.29, 0.717) is 33.2 Å². The van der Waals surface area contributed by atoms with Crippen LogP contribution in [0.15, 0.2) is 49.2 Å². The van der Waals surface area contributed by atoms with Crippen LogP contribution < -0.4 is 10.3 Å². The summed E-state index contributed by atoms with van der Waals surface area (Å²) >= 11 is 6.72. The maximum atomic E-state index is 13.3. The average Bonchev–Trinajstić information content (AvgIpc) is 2.79. The molecule has 2 atom stereocenters. The van der Waals surface area contributed by atoms with Gasteiger partial charge in [-0.1, -0.05) is 52.6 Å². The van der Waals surface area contributed by atoms with Crippen molar-refractivity contribution in [2.75, 3.05) is 0 Å². The molecule has 10 heteroatoms. The van der Waals surface area contributed by atoms with Crippen molar-refractivity contribution in [1.29, 1.82) is 0 Å². The van der Waals surface area contributed by atoms with Crippen LogP contribution in [-0.2, 0) is 0 Å². The van der Waals surface area contributed by atoms with Gasteiger partial charge in [0.15, 0.2) is 0 Å². The molecule has 3 rings (SSSR count). The number of nitro groups is 1. The molecule has 0 aliphatic heterocycles. The molecular formula is C23H24Br2N4O4. The molecule has 0 aliphatic rings. The van der Waals surface area contributed by atoms with E-state index in [1.807, 2.05) is 33.8 Å². The largest absolute Gasteiger partial charge is 0.483 e. The maximum absolute atomic E-state index is 13.3. The van der Waals surface area contributed by atoms with E-state index < -0.39 is 4.92 Å². The lowest BCUT2D eigenvalue weighted by Gasteiger charge is -2.16. The summed E-state index contributed by atoms with van der Waals surface area (Å²) in [5.41, 5.74) is 0.472. The molecule has 1 heterocycles. The van der Waals surface area contributed by atoms with Crippen molar-refractivity contribution < 1.29 is 9.66 Å². The standard InChI is InChI=1S/C23H24Br2N4O4/c1-5-13(3)22-27-19-8-7-16(24)10-18(19)23(30)28(22)26-12-15-9-17(25)11-20(29(31)32)21(15)33-14(4)6-2/h7-14H,5-6H2,1-4H3/t13-,14-/m1/s1. The first kappa shape index (κ1) is 25.0. The van der Waals surface area contributed by atoms with Gasteiger partial charge < -0.3 is 4.74 Å². The van der Waals surface area contributed by atoms with Crippen LogP contribution in [0.4, 0.5) is 5.69 Å². The summed E-state index contributed by atoms with van der Waals surface area (Å²) in [5, 5.41) is 16.5. The van der Waals surface area contributed by atoms with Crippen molar-refractivity contribution in [3.05, 3.63) is 71.1 Å². The zero-order valence-corrected chi connectivity index (χ0v) is 21.9. The lowest BCUT2D eigenvalue weighted by Crippen LogP contribution is -2.24. The minimum Gasteiger partial charge on any atom is -0.483 e. The van der Waals surface area contributed by atoms with Crippen LogP contribution in [0.3, 0.4) is 0 Å². The third-order valence-corrected chi connectivity index (χ3v) is 6.30. The Hall–Kier alpha value is -2.59. The number of hydrogen-bond acceptors (Lipinski definition) is 6. The van der Waals surface area contributed by atoms with Gasteiger partial charge in [0.1, 0.15) is 5.82 Å². The number of rotatable bonds is 8. The van der Waals surface area contributed by atoms with Gasteiger partial charge in [-0.2, -0.15) is 9.78 Å². The lowest BCUT2D eigenvalue weighted by molar-refractivity contribution is -0.386. The second-order valence-corrected chi connectivity index (χ2v) is 9.57. The third kappa shape index (κ3) is 5.50. The van der Waals surface area contributed by atoms with E-state index >= 15 is 0 Å². The minimum atomic E-state index is -0.494. The number of aromatic nitrogens is 2. The summed E-state index contributed by atoms with van der Waals surface area (Å²) in [6, 6.07) is 8.39. The van der Waals surface area contributed by atoms with Crippen molar-refractivity contribution in [3.63, 3.8) is 0 Å². The Morgan fingerprint density at radius 1 is 1.18 bits per heavy atom. The van der Waals surface area contributed by atoms with Gasteiger partial charge in [-0.15, -0.1) is 0 Å². The van der Waals surface area contributed by atoms with Crippen LogP contribution in [-0.4, -0.2) is 26.9 Å². The number of fused-ring (bicyclic) bond motifs is 1. The molecule has 0 N–H and O–H groups in total. The van der Waals surface area contributed by atoms with Crippen LogP contribution in [0.1, 0.15) is 57.8 Å². The normalized spacial score (nSPS) is 13.4. The average molecular weight is 580 g/mol. The summed E-state index contributed by atoms with van der Waals surface area (Å²) in [5.74, 6) is 0.592. The summed E-state index contributed by atoms with van der Waals surface area (Å²) < 4.78 is 8.41. The smallest absolute Gasteiger partial charge is 0.312 e. The number of halogens is 2. The van der Waals surface area contributed by atoms with Crippen LogP contribution in [0.5, 0.6) is 5.75 Å². The van der Waals surface area contributed by atoms with E-state index in [9.17, 15) is 14.9 Å². The molecule has 1 aromatic heterocycles. The van der Waals surface area contributed by atoms with Gasteiger partial charge in [0.05, 0.1) is 28.1 Å². The summed E-state index contributed by atoms with van der Waals surface area (Å²) in [7, 11) is 0. The van der Waals surface area contributed by atoms with E-state index in [1.54, 1.807) is 18.2 Å². The highest BCUT2D eigenvalue weighted by atomic mass is 79.9. The fraction of sp³-hybridized carbons (Fsp3) is 0.348. The van der Waals surface area contributed by atoms with Crippen LogP contribution in [0.25, 0.3) is 10.9 Å². The Kier molecular flexibility index (Phi) is 8.01. The molecule has 2 aromatic carbocycles. The highest BCUT2D eigenvalue weighted by molar-refractivity contribution is 9.10. The Morgan fingerprint density at radius 2 is 1.91 bits per heavy atom. The molecule has 33 heavy (non-hydrogen) atoms. The monoisotopic (exact) mass is 578 g/mol. The number of ether oxygens (including phenoxy) is 1. The quantitative estimate of drug-likeness (QED) is 0.174. The van der Waals surface area contributed by atoms with E-state index in [0.717, 1.165) is 10.9 Å². The molecule has 0 bridgehead atoms. The second-order valence-electron chi connectivity index (χ2n) is 7.74. The number of nitrogens with zero attached hydrogens (tertiary/aromatic N) is 4. The first-order chi connectivity index (χ1) is 15.7. The lowest BCUT2D eigenvalue weighted by atomic mass is 10.1. The Labute approximate surface area is 208 Å². The van der Waals surface area contributed by atoms with Gasteiger partial charge in [-0.05, 0) is 44.0 Å². The molecule has 0 spiro atoms. The van der Waals surface area contributed by atoms with Crippen LogP contribution >= 0.6 is 31.9 Å². The molecule has 3 aromatic rings. The van der Waals surface area contributed by atoms with Gasteiger partial charge in [-0.3, -0.25) is 14.9 Å². The van der Waals surface area contributed by atoms with Gasteiger partial charge in [-0.25, -0.2) is 4.98 Å². The highest BCUT2D eigenvalue weighted by Crippen LogP contribution is 2.35. The Bertz CT molecular complexity index is 1290. The molecule has 0 radical (unpaired) electrons. The molecule has 0 amide bonds. The van der Waals surface area contributed by atoms with Gasteiger partial charge >= 0.3 is 5.69 Å². The van der Waals surface area contributed by atoms with Crippen LogP contribution in [0.2, 0.25) is 0 Å².